The molecule has 0 radical (unpaired) electrons. The summed E-state index contributed by atoms with van der Waals surface area (Å²) in [4.78, 5) is 16.2. The molecule has 27 heavy (non-hydrogen) atoms. The molecule has 0 spiro atoms. The first-order valence-electron chi connectivity index (χ1n) is 7.84. The van der Waals surface area contributed by atoms with Crippen LogP contribution in [0, 0.1) is 17.5 Å². The smallest absolute Gasteiger partial charge is 0.258 e. The predicted octanol–water partition coefficient (Wildman–Crippen LogP) is 5.02. The van der Waals surface area contributed by atoms with Crippen LogP contribution < -0.4 is 10.6 Å². The van der Waals surface area contributed by atoms with Crippen LogP contribution in [0.5, 0.6) is 0 Å². The molecular weight excluding hydrogens is 379 g/mol. The Kier molecular flexibility index (Phi) is 5.61. The number of pyridine rings is 1. The van der Waals surface area contributed by atoms with E-state index in [1.807, 2.05) is 18.2 Å². The largest absolute Gasteiger partial charge is 0.366 e. The second-order valence-corrected chi connectivity index (χ2v) is 5.96. The zero-order valence-electron chi connectivity index (χ0n) is 13.8. The van der Waals surface area contributed by atoms with Crippen molar-refractivity contribution in [3.05, 3.63) is 88.3 Å². The van der Waals surface area contributed by atoms with E-state index < -0.39 is 28.9 Å². The fourth-order valence-corrected chi connectivity index (χ4v) is 2.50. The van der Waals surface area contributed by atoms with Crippen molar-refractivity contribution in [3.8, 4) is 0 Å². The van der Waals surface area contributed by atoms with E-state index in [9.17, 15) is 18.0 Å². The number of hydrogen-bond donors (Lipinski definition) is 2. The summed E-state index contributed by atoms with van der Waals surface area (Å²) in [6.45, 7) is 0.457. The van der Waals surface area contributed by atoms with E-state index in [0.717, 1.165) is 11.6 Å². The number of nitrogens with zero attached hydrogens (tertiary/aromatic N) is 1. The Hall–Kier alpha value is -3.06. The fourth-order valence-electron chi connectivity index (χ4n) is 2.30. The summed E-state index contributed by atoms with van der Waals surface area (Å²) in [6, 6.07) is 12.1. The highest BCUT2D eigenvalue weighted by molar-refractivity contribution is 6.31. The molecule has 0 fully saturated rings. The lowest BCUT2D eigenvalue weighted by molar-refractivity contribution is 0.102. The van der Waals surface area contributed by atoms with Gasteiger partial charge in [-0.2, -0.15) is 0 Å². The van der Waals surface area contributed by atoms with Crippen molar-refractivity contribution in [2.45, 2.75) is 6.54 Å². The van der Waals surface area contributed by atoms with Crippen LogP contribution in [-0.4, -0.2) is 10.9 Å². The van der Waals surface area contributed by atoms with Crippen molar-refractivity contribution < 1.29 is 18.0 Å². The molecule has 1 aromatic heterocycles. The van der Waals surface area contributed by atoms with Gasteiger partial charge in [0.05, 0.1) is 17.4 Å². The first-order chi connectivity index (χ1) is 13.0. The van der Waals surface area contributed by atoms with Crippen LogP contribution in [0.4, 0.5) is 24.7 Å². The van der Waals surface area contributed by atoms with Gasteiger partial charge in [-0.25, -0.2) is 18.2 Å². The zero-order valence-corrected chi connectivity index (χ0v) is 14.5. The van der Waals surface area contributed by atoms with Gasteiger partial charge in [0.15, 0.2) is 17.5 Å². The normalized spacial score (nSPS) is 10.5. The average molecular weight is 392 g/mol. The SMILES string of the molecule is O=C(Nc1ccc(NCc2ccccc2Cl)nc1)c1ccc(F)c(F)c1F. The molecule has 0 saturated carbocycles. The summed E-state index contributed by atoms with van der Waals surface area (Å²) < 4.78 is 39.8. The number of carbonyl (C=O) groups is 1. The minimum atomic E-state index is -1.69. The highest BCUT2D eigenvalue weighted by atomic mass is 35.5. The molecule has 0 unspecified atom stereocenters. The van der Waals surface area contributed by atoms with E-state index in [4.69, 9.17) is 11.6 Å². The van der Waals surface area contributed by atoms with Crippen molar-refractivity contribution in [3.63, 3.8) is 0 Å². The molecule has 8 heteroatoms. The Morgan fingerprint density at radius 1 is 1.00 bits per heavy atom. The third-order valence-corrected chi connectivity index (χ3v) is 4.09. The third-order valence-electron chi connectivity index (χ3n) is 3.72. The van der Waals surface area contributed by atoms with E-state index in [-0.39, 0.29) is 5.69 Å². The molecule has 2 aromatic carbocycles. The maximum atomic E-state index is 13.7. The Morgan fingerprint density at radius 2 is 1.78 bits per heavy atom. The van der Waals surface area contributed by atoms with Gasteiger partial charge in [-0.05, 0) is 35.9 Å². The highest BCUT2D eigenvalue weighted by Crippen LogP contribution is 2.19. The van der Waals surface area contributed by atoms with Gasteiger partial charge in [0, 0.05) is 11.6 Å². The topological polar surface area (TPSA) is 54.0 Å². The molecule has 0 aliphatic heterocycles. The monoisotopic (exact) mass is 391 g/mol. The van der Waals surface area contributed by atoms with Crippen LogP contribution in [0.3, 0.4) is 0 Å². The van der Waals surface area contributed by atoms with Crippen LogP contribution in [0.25, 0.3) is 0 Å². The number of hydrogen-bond acceptors (Lipinski definition) is 3. The zero-order chi connectivity index (χ0) is 19.4. The molecule has 0 atom stereocenters. The minimum absolute atomic E-state index is 0.271. The van der Waals surface area contributed by atoms with Gasteiger partial charge in [0.1, 0.15) is 5.82 Å². The van der Waals surface area contributed by atoms with Crippen LogP contribution in [0.1, 0.15) is 15.9 Å². The summed E-state index contributed by atoms with van der Waals surface area (Å²) in [7, 11) is 0. The molecular formula is C19H13ClF3N3O. The van der Waals surface area contributed by atoms with Crippen molar-refractivity contribution in [1.29, 1.82) is 0 Å². The number of benzene rings is 2. The lowest BCUT2D eigenvalue weighted by Gasteiger charge is -2.09. The predicted molar refractivity (Wildman–Crippen MR) is 97.3 cm³/mol. The lowest BCUT2D eigenvalue weighted by atomic mass is 10.2. The number of anilines is 2. The van der Waals surface area contributed by atoms with Gasteiger partial charge in [-0.1, -0.05) is 29.8 Å². The maximum absolute atomic E-state index is 13.7. The summed E-state index contributed by atoms with van der Waals surface area (Å²) >= 11 is 6.08. The molecule has 0 bridgehead atoms. The third kappa shape index (κ3) is 4.38. The molecule has 0 saturated heterocycles. The van der Waals surface area contributed by atoms with Crippen LogP contribution in [-0.2, 0) is 6.54 Å². The second kappa shape index (κ2) is 8.09. The number of halogens is 4. The first-order valence-corrected chi connectivity index (χ1v) is 8.21. The van der Waals surface area contributed by atoms with Gasteiger partial charge in [0.2, 0.25) is 0 Å². The van der Waals surface area contributed by atoms with Crippen LogP contribution in [0.15, 0.2) is 54.7 Å². The van der Waals surface area contributed by atoms with Crippen LogP contribution in [0.2, 0.25) is 5.02 Å². The van der Waals surface area contributed by atoms with E-state index in [2.05, 4.69) is 15.6 Å². The van der Waals surface area contributed by atoms with E-state index in [1.165, 1.54) is 12.3 Å². The molecule has 0 aliphatic carbocycles. The molecule has 2 N–H and O–H groups in total. The van der Waals surface area contributed by atoms with Crippen molar-refractivity contribution in [2.75, 3.05) is 10.6 Å². The first kappa shape index (κ1) is 18.7. The quantitative estimate of drug-likeness (QED) is 0.601. The number of rotatable bonds is 5. The van der Waals surface area contributed by atoms with Gasteiger partial charge in [0.25, 0.3) is 5.91 Å². The molecule has 1 amide bonds. The number of carbonyl (C=O) groups excluding carboxylic acids is 1. The maximum Gasteiger partial charge on any atom is 0.258 e. The highest BCUT2D eigenvalue weighted by Gasteiger charge is 2.18. The molecule has 0 aliphatic rings. The summed E-state index contributed by atoms with van der Waals surface area (Å²) in [5.74, 6) is -4.98. The van der Waals surface area contributed by atoms with Gasteiger partial charge in [-0.3, -0.25) is 4.79 Å². The number of amides is 1. The van der Waals surface area contributed by atoms with E-state index in [0.29, 0.717) is 23.5 Å². The van der Waals surface area contributed by atoms with Gasteiger partial charge < -0.3 is 10.6 Å². The van der Waals surface area contributed by atoms with E-state index >= 15 is 0 Å². The van der Waals surface area contributed by atoms with Crippen molar-refractivity contribution in [2.24, 2.45) is 0 Å². The lowest BCUT2D eigenvalue weighted by Crippen LogP contribution is -2.15. The molecule has 4 nitrogen and oxygen atoms in total. The van der Waals surface area contributed by atoms with Gasteiger partial charge >= 0.3 is 0 Å². The summed E-state index contributed by atoms with van der Waals surface area (Å²) in [5, 5.41) is 6.08. The van der Waals surface area contributed by atoms with Crippen LogP contribution >= 0.6 is 11.6 Å². The Balaban J connectivity index is 1.65. The van der Waals surface area contributed by atoms with Gasteiger partial charge in [-0.15, -0.1) is 0 Å². The Bertz CT molecular complexity index is 980. The molecule has 3 rings (SSSR count). The summed E-state index contributed by atoms with van der Waals surface area (Å²) in [6.07, 6.45) is 1.35. The average Bonchev–Trinajstić information content (AvgIpc) is 2.66. The molecule has 1 heterocycles. The second-order valence-electron chi connectivity index (χ2n) is 5.55. The van der Waals surface area contributed by atoms with Crippen molar-refractivity contribution in [1.82, 2.24) is 4.98 Å². The van der Waals surface area contributed by atoms with Crippen molar-refractivity contribution >= 4 is 29.0 Å². The standard InChI is InChI=1S/C19H13ClF3N3O/c20-14-4-2-1-3-11(14)9-24-16-8-5-12(10-25-16)26-19(27)13-6-7-15(21)18(23)17(13)22/h1-8,10H,9H2,(H,24,25)(H,26,27). The molecule has 138 valence electrons. The molecule has 3 aromatic rings. The fraction of sp³-hybridized carbons (Fsp3) is 0.0526. The minimum Gasteiger partial charge on any atom is -0.366 e. The number of aromatic nitrogens is 1. The Morgan fingerprint density at radius 3 is 2.48 bits per heavy atom. The Labute approximate surface area is 158 Å². The summed E-state index contributed by atoms with van der Waals surface area (Å²) in [5.41, 5.74) is 0.564. The number of nitrogens with one attached hydrogen (secondary N) is 2. The van der Waals surface area contributed by atoms with E-state index in [1.54, 1.807) is 12.1 Å².